The first-order valence-electron chi connectivity index (χ1n) is 6.38. The normalized spacial score (nSPS) is 18.9. The molecule has 1 aliphatic carbocycles. The lowest BCUT2D eigenvalue weighted by Gasteiger charge is -2.21. The second kappa shape index (κ2) is 4.58. The van der Waals surface area contributed by atoms with Crippen molar-refractivity contribution in [2.24, 2.45) is 0 Å². The molecular weight excluding hydrogens is 196 g/mol. The molecule has 0 atom stereocenters. The summed E-state index contributed by atoms with van der Waals surface area (Å²) in [4.78, 5) is 0. The van der Waals surface area contributed by atoms with Gasteiger partial charge in [-0.1, -0.05) is 31.0 Å². The third-order valence-electron chi connectivity index (χ3n) is 3.98. The zero-order valence-corrected chi connectivity index (χ0v) is 10.4. The Morgan fingerprint density at radius 1 is 1.12 bits per heavy atom. The molecule has 0 bridgehead atoms. The van der Waals surface area contributed by atoms with E-state index >= 15 is 0 Å². The van der Waals surface area contributed by atoms with Crippen LogP contribution in [0.5, 0.6) is 0 Å². The van der Waals surface area contributed by atoms with E-state index < -0.39 is 0 Å². The van der Waals surface area contributed by atoms with Crippen molar-refractivity contribution in [3.05, 3.63) is 34.9 Å². The molecule has 1 N–H and O–H groups in total. The summed E-state index contributed by atoms with van der Waals surface area (Å²) in [6.45, 7) is 4.30. The summed E-state index contributed by atoms with van der Waals surface area (Å²) in [5.74, 6) is 0. The third-order valence-corrected chi connectivity index (χ3v) is 3.98. The van der Waals surface area contributed by atoms with Crippen molar-refractivity contribution >= 4 is 0 Å². The van der Waals surface area contributed by atoms with Gasteiger partial charge in [-0.25, -0.2) is 0 Å². The van der Waals surface area contributed by atoms with E-state index in [-0.39, 0.29) is 5.60 Å². The molecule has 0 amide bonds. The van der Waals surface area contributed by atoms with Crippen molar-refractivity contribution in [1.82, 2.24) is 0 Å². The maximum absolute atomic E-state index is 10.3. The molecule has 1 heteroatoms. The van der Waals surface area contributed by atoms with Gasteiger partial charge >= 0.3 is 0 Å². The van der Waals surface area contributed by atoms with Crippen LogP contribution in [0.15, 0.2) is 18.2 Å². The minimum absolute atomic E-state index is 0.362. The summed E-state index contributed by atoms with van der Waals surface area (Å²) in [5, 5.41) is 10.3. The quantitative estimate of drug-likeness (QED) is 0.822. The summed E-state index contributed by atoms with van der Waals surface area (Å²) in [7, 11) is 0. The Balaban J connectivity index is 1.96. The van der Waals surface area contributed by atoms with Crippen molar-refractivity contribution in [2.75, 3.05) is 0 Å². The van der Waals surface area contributed by atoms with Crippen LogP contribution in [0.1, 0.15) is 48.8 Å². The van der Waals surface area contributed by atoms with E-state index in [2.05, 4.69) is 32.0 Å². The van der Waals surface area contributed by atoms with Gasteiger partial charge in [-0.15, -0.1) is 0 Å². The average molecular weight is 218 g/mol. The van der Waals surface area contributed by atoms with Gasteiger partial charge in [0.15, 0.2) is 0 Å². The highest BCUT2D eigenvalue weighted by Gasteiger charge is 2.30. The lowest BCUT2D eigenvalue weighted by atomic mass is 9.92. The first-order chi connectivity index (χ1) is 7.59. The van der Waals surface area contributed by atoms with E-state index in [4.69, 9.17) is 0 Å². The fraction of sp³-hybridized carbons (Fsp3) is 0.600. The molecule has 1 aliphatic rings. The Labute approximate surface area is 98.5 Å². The zero-order chi connectivity index (χ0) is 11.6. The van der Waals surface area contributed by atoms with Gasteiger partial charge in [-0.2, -0.15) is 0 Å². The molecule has 0 saturated heterocycles. The molecule has 16 heavy (non-hydrogen) atoms. The highest BCUT2D eigenvalue weighted by Crippen LogP contribution is 2.33. The largest absolute Gasteiger partial charge is 0.390 e. The maximum atomic E-state index is 10.3. The van der Waals surface area contributed by atoms with Crippen LogP contribution in [-0.4, -0.2) is 10.7 Å². The van der Waals surface area contributed by atoms with Crippen LogP contribution in [0.25, 0.3) is 0 Å². The zero-order valence-electron chi connectivity index (χ0n) is 10.4. The Hall–Kier alpha value is -0.820. The van der Waals surface area contributed by atoms with E-state index in [1.807, 2.05) is 0 Å². The molecule has 1 aromatic rings. The topological polar surface area (TPSA) is 20.2 Å². The summed E-state index contributed by atoms with van der Waals surface area (Å²) >= 11 is 0. The fourth-order valence-electron chi connectivity index (χ4n) is 2.62. The number of rotatable bonds is 3. The predicted octanol–water partition coefficient (Wildman–Crippen LogP) is 3.54. The van der Waals surface area contributed by atoms with E-state index in [1.54, 1.807) is 0 Å². The summed E-state index contributed by atoms with van der Waals surface area (Å²) in [6.07, 6.45) is 6.33. The summed E-state index contributed by atoms with van der Waals surface area (Å²) in [6, 6.07) is 6.64. The fourth-order valence-corrected chi connectivity index (χ4v) is 2.62. The maximum Gasteiger partial charge on any atom is 0.0651 e. The van der Waals surface area contributed by atoms with Gasteiger partial charge in [0.1, 0.15) is 0 Å². The van der Waals surface area contributed by atoms with Gasteiger partial charge in [0, 0.05) is 0 Å². The Kier molecular flexibility index (Phi) is 3.34. The predicted molar refractivity (Wildman–Crippen MR) is 67.7 cm³/mol. The standard InChI is InChI=1S/C15H22O/c1-12-5-6-14(11-13(12)2)7-10-15(16)8-3-4-9-15/h5-6,11,16H,3-4,7-10H2,1-2H3. The highest BCUT2D eigenvalue weighted by molar-refractivity contribution is 5.30. The van der Waals surface area contributed by atoms with Crippen LogP contribution in [0.4, 0.5) is 0 Å². The van der Waals surface area contributed by atoms with Crippen molar-refractivity contribution in [3.63, 3.8) is 0 Å². The summed E-state index contributed by atoms with van der Waals surface area (Å²) < 4.78 is 0. The van der Waals surface area contributed by atoms with Gasteiger partial charge in [0.25, 0.3) is 0 Å². The monoisotopic (exact) mass is 218 g/mol. The van der Waals surface area contributed by atoms with Crippen molar-refractivity contribution in [2.45, 2.75) is 58.0 Å². The summed E-state index contributed by atoms with van der Waals surface area (Å²) in [5.41, 5.74) is 3.71. The van der Waals surface area contributed by atoms with E-state index in [1.165, 1.54) is 29.5 Å². The van der Waals surface area contributed by atoms with Crippen LogP contribution in [0.3, 0.4) is 0 Å². The molecule has 2 rings (SSSR count). The minimum atomic E-state index is -0.362. The molecule has 0 spiro atoms. The lowest BCUT2D eigenvalue weighted by Crippen LogP contribution is -2.24. The lowest BCUT2D eigenvalue weighted by molar-refractivity contribution is 0.0391. The first kappa shape index (κ1) is 11.7. The molecule has 88 valence electrons. The van der Waals surface area contributed by atoms with Crippen LogP contribution < -0.4 is 0 Å². The minimum Gasteiger partial charge on any atom is -0.390 e. The van der Waals surface area contributed by atoms with Gasteiger partial charge < -0.3 is 5.11 Å². The number of aliphatic hydroxyl groups is 1. The molecule has 1 aromatic carbocycles. The molecule has 1 nitrogen and oxygen atoms in total. The van der Waals surface area contributed by atoms with Gasteiger partial charge in [0.2, 0.25) is 0 Å². The van der Waals surface area contributed by atoms with E-state index in [9.17, 15) is 5.11 Å². The molecule has 1 fully saturated rings. The number of aryl methyl sites for hydroxylation is 3. The average Bonchev–Trinajstić information content (AvgIpc) is 2.68. The first-order valence-corrected chi connectivity index (χ1v) is 6.38. The van der Waals surface area contributed by atoms with Crippen LogP contribution in [-0.2, 0) is 6.42 Å². The second-order valence-corrected chi connectivity index (χ2v) is 5.35. The van der Waals surface area contributed by atoms with Crippen molar-refractivity contribution in [1.29, 1.82) is 0 Å². The molecule has 0 aliphatic heterocycles. The molecular formula is C15H22O. The van der Waals surface area contributed by atoms with Gasteiger partial charge in [-0.05, 0) is 56.2 Å². The number of hydrogen-bond acceptors (Lipinski definition) is 1. The van der Waals surface area contributed by atoms with Crippen molar-refractivity contribution in [3.8, 4) is 0 Å². The Morgan fingerprint density at radius 2 is 1.81 bits per heavy atom. The van der Waals surface area contributed by atoms with Crippen LogP contribution in [0.2, 0.25) is 0 Å². The molecule has 1 saturated carbocycles. The van der Waals surface area contributed by atoms with Crippen molar-refractivity contribution < 1.29 is 5.11 Å². The second-order valence-electron chi connectivity index (χ2n) is 5.35. The van der Waals surface area contributed by atoms with Crippen LogP contribution >= 0.6 is 0 Å². The molecule has 0 unspecified atom stereocenters. The Morgan fingerprint density at radius 3 is 2.44 bits per heavy atom. The molecule has 0 heterocycles. The smallest absolute Gasteiger partial charge is 0.0651 e. The molecule has 0 aromatic heterocycles. The van der Waals surface area contributed by atoms with E-state index in [0.29, 0.717) is 0 Å². The Bertz CT molecular complexity index is 362. The number of benzene rings is 1. The third kappa shape index (κ3) is 2.65. The van der Waals surface area contributed by atoms with Gasteiger partial charge in [-0.3, -0.25) is 0 Å². The van der Waals surface area contributed by atoms with Crippen LogP contribution in [0, 0.1) is 13.8 Å². The van der Waals surface area contributed by atoms with E-state index in [0.717, 1.165) is 25.7 Å². The molecule has 0 radical (unpaired) electrons. The SMILES string of the molecule is Cc1ccc(CCC2(O)CCCC2)cc1C. The highest BCUT2D eigenvalue weighted by atomic mass is 16.3. The number of hydrogen-bond donors (Lipinski definition) is 1. The van der Waals surface area contributed by atoms with Gasteiger partial charge in [0.05, 0.1) is 5.60 Å².